The van der Waals surface area contributed by atoms with Crippen molar-refractivity contribution in [1.82, 2.24) is 0 Å². The van der Waals surface area contributed by atoms with Crippen LogP contribution in [-0.4, -0.2) is 5.91 Å². The van der Waals surface area contributed by atoms with Crippen LogP contribution in [0.25, 0.3) is 0 Å². The van der Waals surface area contributed by atoms with Gasteiger partial charge in [0.25, 0.3) is 5.91 Å². The van der Waals surface area contributed by atoms with Crippen molar-refractivity contribution in [1.29, 1.82) is 0 Å². The lowest BCUT2D eigenvalue weighted by molar-refractivity contribution is 0.102. The zero-order valence-corrected chi connectivity index (χ0v) is 13.2. The fourth-order valence-corrected chi connectivity index (χ4v) is 2.50. The van der Waals surface area contributed by atoms with Crippen LogP contribution in [0, 0.1) is 0 Å². The van der Waals surface area contributed by atoms with Crippen molar-refractivity contribution in [3.05, 3.63) is 61.5 Å². The molecule has 0 heterocycles. The summed E-state index contributed by atoms with van der Waals surface area (Å²) in [6, 6.07) is 9.80. The van der Waals surface area contributed by atoms with E-state index >= 15 is 0 Å². The smallest absolute Gasteiger partial charge is 0.255 e. The minimum atomic E-state index is -0.276. The van der Waals surface area contributed by atoms with E-state index in [-0.39, 0.29) is 5.91 Å². The Hall–Kier alpha value is -0.740. The molecule has 0 spiro atoms. The molecule has 0 saturated heterocycles. The van der Waals surface area contributed by atoms with Gasteiger partial charge in [-0.05, 0) is 52.3 Å². The van der Waals surface area contributed by atoms with Gasteiger partial charge in [-0.1, -0.05) is 34.8 Å². The highest BCUT2D eigenvalue weighted by Gasteiger charge is 2.10. The Labute approximate surface area is 133 Å². The Morgan fingerprint density at radius 3 is 2.37 bits per heavy atom. The molecule has 0 aliphatic rings. The van der Waals surface area contributed by atoms with E-state index in [1.807, 2.05) is 0 Å². The van der Waals surface area contributed by atoms with E-state index in [4.69, 9.17) is 34.8 Å². The maximum absolute atomic E-state index is 12.0. The molecule has 2 rings (SSSR count). The second kappa shape index (κ2) is 6.14. The summed E-state index contributed by atoms with van der Waals surface area (Å²) in [4.78, 5) is 12.0. The highest BCUT2D eigenvalue weighted by Crippen LogP contribution is 2.27. The van der Waals surface area contributed by atoms with Crippen LogP contribution >= 0.6 is 50.7 Å². The van der Waals surface area contributed by atoms with Gasteiger partial charge in [-0.3, -0.25) is 4.79 Å². The van der Waals surface area contributed by atoms with Crippen LogP contribution in [0.1, 0.15) is 10.4 Å². The Bertz CT molecular complexity index is 646. The summed E-state index contributed by atoms with van der Waals surface area (Å²) in [6.07, 6.45) is 0. The lowest BCUT2D eigenvalue weighted by Crippen LogP contribution is -2.12. The number of hydrogen-bond donors (Lipinski definition) is 1. The number of amides is 1. The van der Waals surface area contributed by atoms with Gasteiger partial charge in [0, 0.05) is 15.1 Å². The largest absolute Gasteiger partial charge is 0.321 e. The molecule has 19 heavy (non-hydrogen) atoms. The van der Waals surface area contributed by atoms with Crippen LogP contribution < -0.4 is 5.32 Å². The highest BCUT2D eigenvalue weighted by molar-refractivity contribution is 9.10. The Morgan fingerprint density at radius 2 is 1.74 bits per heavy atom. The summed E-state index contributed by atoms with van der Waals surface area (Å²) < 4.78 is 0.702. The molecule has 0 aromatic heterocycles. The van der Waals surface area contributed by atoms with Gasteiger partial charge < -0.3 is 5.32 Å². The monoisotopic (exact) mass is 377 g/mol. The summed E-state index contributed by atoms with van der Waals surface area (Å²) >= 11 is 20.8. The number of benzene rings is 2. The molecule has 2 nitrogen and oxygen atoms in total. The van der Waals surface area contributed by atoms with Gasteiger partial charge in [-0.15, -0.1) is 0 Å². The van der Waals surface area contributed by atoms with Crippen molar-refractivity contribution in [3.8, 4) is 0 Å². The van der Waals surface area contributed by atoms with E-state index < -0.39 is 0 Å². The summed E-state index contributed by atoms with van der Waals surface area (Å²) in [5.74, 6) is -0.276. The highest BCUT2D eigenvalue weighted by atomic mass is 79.9. The fourth-order valence-electron chi connectivity index (χ4n) is 1.42. The van der Waals surface area contributed by atoms with Crippen molar-refractivity contribution in [2.45, 2.75) is 0 Å². The summed E-state index contributed by atoms with van der Waals surface area (Å²) in [6.45, 7) is 0. The molecule has 0 aliphatic carbocycles. The van der Waals surface area contributed by atoms with Crippen molar-refractivity contribution in [3.63, 3.8) is 0 Å². The number of rotatable bonds is 2. The van der Waals surface area contributed by atoms with E-state index in [1.54, 1.807) is 30.3 Å². The fraction of sp³-hybridized carbons (Fsp3) is 0. The topological polar surface area (TPSA) is 29.1 Å². The maximum atomic E-state index is 12.0. The molecule has 0 aliphatic heterocycles. The molecule has 0 radical (unpaired) electrons. The molecule has 0 bridgehead atoms. The first-order valence-electron chi connectivity index (χ1n) is 5.19. The first-order chi connectivity index (χ1) is 8.97. The van der Waals surface area contributed by atoms with Crippen LogP contribution in [0.4, 0.5) is 5.69 Å². The number of halogens is 4. The van der Waals surface area contributed by atoms with Crippen molar-refractivity contribution in [2.24, 2.45) is 0 Å². The normalized spacial score (nSPS) is 10.3. The van der Waals surface area contributed by atoms with Gasteiger partial charge in [0.1, 0.15) is 0 Å². The molecule has 0 fully saturated rings. The third-order valence-corrected chi connectivity index (χ3v) is 3.99. The zero-order chi connectivity index (χ0) is 14.0. The molecule has 98 valence electrons. The third-order valence-electron chi connectivity index (χ3n) is 2.36. The van der Waals surface area contributed by atoms with E-state index in [1.165, 1.54) is 6.07 Å². The molecule has 0 atom stereocenters. The average molecular weight is 379 g/mol. The predicted molar refractivity (Wildman–Crippen MR) is 83.6 cm³/mol. The average Bonchev–Trinajstić information content (AvgIpc) is 2.36. The number of nitrogens with one attached hydrogen (secondary N) is 1. The maximum Gasteiger partial charge on any atom is 0.255 e. The zero-order valence-electron chi connectivity index (χ0n) is 9.38. The van der Waals surface area contributed by atoms with E-state index in [0.29, 0.717) is 30.8 Å². The molecular weight excluding hydrogens is 372 g/mol. The van der Waals surface area contributed by atoms with Crippen molar-refractivity contribution >= 4 is 62.3 Å². The van der Waals surface area contributed by atoms with Gasteiger partial charge in [0.05, 0.1) is 15.7 Å². The van der Waals surface area contributed by atoms with Crippen LogP contribution in [0.2, 0.25) is 15.1 Å². The summed E-state index contributed by atoms with van der Waals surface area (Å²) in [5.41, 5.74) is 1.05. The second-order valence-electron chi connectivity index (χ2n) is 3.71. The van der Waals surface area contributed by atoms with E-state index in [0.717, 1.165) is 0 Å². The van der Waals surface area contributed by atoms with E-state index in [9.17, 15) is 4.79 Å². The van der Waals surface area contributed by atoms with Crippen molar-refractivity contribution in [2.75, 3.05) is 5.32 Å². The minimum Gasteiger partial charge on any atom is -0.321 e. The lowest BCUT2D eigenvalue weighted by Gasteiger charge is -2.08. The van der Waals surface area contributed by atoms with Gasteiger partial charge in [0.15, 0.2) is 0 Å². The van der Waals surface area contributed by atoms with Gasteiger partial charge >= 0.3 is 0 Å². The molecule has 2 aromatic carbocycles. The van der Waals surface area contributed by atoms with Gasteiger partial charge in [-0.2, -0.15) is 0 Å². The molecule has 6 heteroatoms. The summed E-state index contributed by atoms with van der Waals surface area (Å²) in [7, 11) is 0. The lowest BCUT2D eigenvalue weighted by atomic mass is 10.2. The molecule has 1 N–H and O–H groups in total. The number of anilines is 1. The van der Waals surface area contributed by atoms with Crippen LogP contribution in [0.3, 0.4) is 0 Å². The van der Waals surface area contributed by atoms with Crippen molar-refractivity contribution < 1.29 is 4.79 Å². The molecule has 0 unspecified atom stereocenters. The molecule has 2 aromatic rings. The number of carbonyl (C=O) groups is 1. The first kappa shape index (κ1) is 14.7. The summed E-state index contributed by atoms with van der Waals surface area (Å²) in [5, 5.41) is 4.08. The number of hydrogen-bond acceptors (Lipinski definition) is 1. The molecular formula is C13H7BrCl3NO. The molecule has 1 amide bonds. The SMILES string of the molecule is O=C(Nc1ccc(Cl)cc1Br)c1ccc(Cl)c(Cl)c1. The number of carbonyl (C=O) groups excluding carboxylic acids is 1. The first-order valence-corrected chi connectivity index (χ1v) is 7.11. The third kappa shape index (κ3) is 3.63. The second-order valence-corrected chi connectivity index (χ2v) is 5.81. The van der Waals surface area contributed by atoms with Crippen LogP contribution in [0.5, 0.6) is 0 Å². The minimum absolute atomic E-state index is 0.276. The van der Waals surface area contributed by atoms with Crippen LogP contribution in [-0.2, 0) is 0 Å². The Balaban J connectivity index is 2.23. The standard InChI is InChI=1S/C13H7BrCl3NO/c14-9-6-8(15)2-4-12(9)18-13(19)7-1-3-10(16)11(17)5-7/h1-6H,(H,18,19). The quantitative estimate of drug-likeness (QED) is 0.716. The molecule has 0 saturated carbocycles. The Kier molecular flexibility index (Phi) is 4.74. The van der Waals surface area contributed by atoms with Gasteiger partial charge in [0.2, 0.25) is 0 Å². The van der Waals surface area contributed by atoms with Crippen LogP contribution in [0.15, 0.2) is 40.9 Å². The van der Waals surface area contributed by atoms with Gasteiger partial charge in [-0.25, -0.2) is 0 Å². The predicted octanol–water partition coefficient (Wildman–Crippen LogP) is 5.66. The van der Waals surface area contributed by atoms with E-state index in [2.05, 4.69) is 21.2 Å². The Morgan fingerprint density at radius 1 is 1.00 bits per heavy atom.